The number of aromatic nitrogens is 6. The van der Waals surface area contributed by atoms with Gasteiger partial charge in [0.15, 0.2) is 11.3 Å². The summed E-state index contributed by atoms with van der Waals surface area (Å²) in [4.78, 5) is 21.4. The Balaban J connectivity index is 0.000000149. The predicted octanol–water partition coefficient (Wildman–Crippen LogP) is 8.34. The van der Waals surface area contributed by atoms with Gasteiger partial charge in [-0.1, -0.05) is 109 Å². The first-order valence-corrected chi connectivity index (χ1v) is 19.4. The summed E-state index contributed by atoms with van der Waals surface area (Å²) in [6.45, 7) is 1.49. The molecule has 11 nitrogen and oxygen atoms in total. The minimum atomic E-state index is -0.195. The van der Waals surface area contributed by atoms with Crippen LogP contribution in [-0.2, 0) is 15.9 Å². The lowest BCUT2D eigenvalue weighted by Gasteiger charge is -2.38. The molecule has 0 saturated heterocycles. The van der Waals surface area contributed by atoms with Gasteiger partial charge in [-0.2, -0.15) is 10.2 Å². The highest BCUT2D eigenvalue weighted by molar-refractivity contribution is 5.94. The minimum Gasteiger partial charge on any atom is -0.396 e. The zero-order chi connectivity index (χ0) is 39.1. The van der Waals surface area contributed by atoms with E-state index in [1.165, 1.54) is 30.9 Å². The third-order valence-electron chi connectivity index (χ3n) is 11.4. The van der Waals surface area contributed by atoms with Crippen molar-refractivity contribution in [3.63, 3.8) is 0 Å². The number of fused-ring (bicyclic) bond motifs is 2. The van der Waals surface area contributed by atoms with E-state index in [1.54, 1.807) is 29.0 Å². The maximum absolute atomic E-state index is 11.7. The number of rotatable bonds is 7. The van der Waals surface area contributed by atoms with Crippen LogP contribution in [0.5, 0.6) is 0 Å². The van der Waals surface area contributed by atoms with Gasteiger partial charge in [0, 0.05) is 40.3 Å². The molecule has 4 aromatic heterocycles. The molecule has 4 aromatic carbocycles. The van der Waals surface area contributed by atoms with Gasteiger partial charge in [0.25, 0.3) is 0 Å². The van der Waals surface area contributed by atoms with Crippen LogP contribution in [0.15, 0.2) is 134 Å². The second kappa shape index (κ2) is 14.4. The molecule has 0 bridgehead atoms. The fourth-order valence-corrected chi connectivity index (χ4v) is 7.93. The zero-order valence-corrected chi connectivity index (χ0v) is 31.8. The second-order valence-corrected chi connectivity index (χ2v) is 15.2. The monoisotopic (exact) mass is 752 g/mol. The van der Waals surface area contributed by atoms with Crippen LogP contribution in [0, 0.1) is 0 Å². The summed E-state index contributed by atoms with van der Waals surface area (Å²) in [6.07, 6.45) is 9.92. The summed E-state index contributed by atoms with van der Waals surface area (Å²) >= 11 is 0. The van der Waals surface area contributed by atoms with Crippen LogP contribution in [0.25, 0.3) is 56.3 Å². The number of anilines is 2. The van der Waals surface area contributed by atoms with Crippen LogP contribution in [0.2, 0.25) is 0 Å². The molecule has 4 heterocycles. The Labute approximate surface area is 330 Å². The molecule has 2 fully saturated rings. The molecule has 57 heavy (non-hydrogen) atoms. The van der Waals surface area contributed by atoms with Gasteiger partial charge in [0.1, 0.15) is 11.4 Å². The molecule has 1 amide bonds. The van der Waals surface area contributed by atoms with Gasteiger partial charge in [-0.15, -0.1) is 0 Å². The normalized spacial score (nSPS) is 15.3. The van der Waals surface area contributed by atoms with Crippen molar-refractivity contribution in [2.24, 2.45) is 11.5 Å². The van der Waals surface area contributed by atoms with Gasteiger partial charge in [-0.05, 0) is 61.8 Å². The lowest BCUT2D eigenvalue weighted by molar-refractivity contribution is -0.114. The van der Waals surface area contributed by atoms with E-state index in [0.717, 1.165) is 70.7 Å². The molecule has 11 heteroatoms. The van der Waals surface area contributed by atoms with E-state index in [1.807, 2.05) is 53.0 Å². The van der Waals surface area contributed by atoms with E-state index in [0.29, 0.717) is 22.7 Å². The van der Waals surface area contributed by atoms with Crippen molar-refractivity contribution >= 4 is 28.6 Å². The smallest absolute Gasteiger partial charge is 0.221 e. The van der Waals surface area contributed by atoms with Crippen molar-refractivity contribution < 1.29 is 4.79 Å². The summed E-state index contributed by atoms with van der Waals surface area (Å²) in [6, 6.07) is 40.6. The molecule has 284 valence electrons. The van der Waals surface area contributed by atoms with Gasteiger partial charge in [-0.25, -0.2) is 19.0 Å². The standard InChI is InChI=1S/C24H23N5O.C22H21N5/c1-16(30)27-20-12-15-26-29-22(18-6-3-2-4-7-18)21(28-23(20)29)17-8-10-19(11-9-17)24(25)13-5-14-24;23-18-11-14-25-27-20(16-5-2-1-3-6-16)19(26-21(18)27)15-7-9-17(10-8-15)22(24)12-4-13-22/h2-4,6-12,15H,5,13-14,25H2,1H3,(H,27,30);1-3,5-11,14H,4,12-13,23-24H2. The number of benzene rings is 4. The Morgan fingerprint density at radius 1 is 0.579 bits per heavy atom. The highest BCUT2D eigenvalue weighted by atomic mass is 16.1. The number of carbonyl (C=O) groups excluding carboxylic acids is 1. The molecular weight excluding hydrogens is 709 g/mol. The fraction of sp³-hybridized carbons (Fsp3) is 0.196. The van der Waals surface area contributed by atoms with E-state index in [4.69, 9.17) is 27.2 Å². The Morgan fingerprint density at radius 3 is 1.46 bits per heavy atom. The number of imidazole rings is 2. The molecule has 10 rings (SSSR count). The first-order valence-electron chi connectivity index (χ1n) is 19.4. The molecule has 0 radical (unpaired) electrons. The maximum Gasteiger partial charge on any atom is 0.221 e. The van der Waals surface area contributed by atoms with E-state index in [9.17, 15) is 4.79 Å². The largest absolute Gasteiger partial charge is 0.396 e. The topological polar surface area (TPSA) is 168 Å². The second-order valence-electron chi connectivity index (χ2n) is 15.2. The van der Waals surface area contributed by atoms with Crippen molar-refractivity contribution in [2.45, 2.75) is 56.5 Å². The average molecular weight is 753 g/mol. The quantitative estimate of drug-likeness (QED) is 0.126. The Hall–Kier alpha value is -6.69. The van der Waals surface area contributed by atoms with Crippen molar-refractivity contribution in [3.05, 3.63) is 145 Å². The number of nitrogen functional groups attached to an aromatic ring is 1. The van der Waals surface area contributed by atoms with Crippen LogP contribution < -0.4 is 22.5 Å². The molecule has 8 aromatic rings. The Morgan fingerprint density at radius 2 is 1.02 bits per heavy atom. The van der Waals surface area contributed by atoms with Crippen molar-refractivity contribution in [3.8, 4) is 45.0 Å². The maximum atomic E-state index is 11.7. The van der Waals surface area contributed by atoms with E-state index >= 15 is 0 Å². The molecule has 0 unspecified atom stereocenters. The molecular formula is C46H44N10O. The highest BCUT2D eigenvalue weighted by Crippen LogP contribution is 2.42. The van der Waals surface area contributed by atoms with E-state index in [2.05, 4.69) is 76.2 Å². The SMILES string of the molecule is CC(=O)Nc1ccnn2c(-c3ccccc3)c(-c3ccc(C4(N)CCC4)cc3)nc12.Nc1ccnn2c(-c3ccccc3)c(-c3ccc(C4(N)CCC4)cc3)nc12. The molecule has 2 saturated carbocycles. The molecule has 0 spiro atoms. The van der Waals surface area contributed by atoms with Gasteiger partial charge in [0.2, 0.25) is 5.91 Å². The van der Waals surface area contributed by atoms with Crippen molar-refractivity contribution in [1.29, 1.82) is 0 Å². The minimum absolute atomic E-state index is 0.146. The Kier molecular flexibility index (Phi) is 9.11. The number of amides is 1. The van der Waals surface area contributed by atoms with Crippen molar-refractivity contribution in [1.82, 2.24) is 29.2 Å². The van der Waals surface area contributed by atoms with Gasteiger partial charge < -0.3 is 22.5 Å². The molecule has 2 aliphatic carbocycles. The zero-order valence-electron chi connectivity index (χ0n) is 31.8. The summed E-state index contributed by atoms with van der Waals surface area (Å²) in [5, 5.41) is 11.9. The summed E-state index contributed by atoms with van der Waals surface area (Å²) < 4.78 is 3.62. The first kappa shape index (κ1) is 36.0. The number of carbonyl (C=O) groups is 1. The number of hydrogen-bond acceptors (Lipinski definition) is 8. The van der Waals surface area contributed by atoms with Gasteiger partial charge >= 0.3 is 0 Å². The average Bonchev–Trinajstić information content (AvgIpc) is 3.81. The van der Waals surface area contributed by atoms with Crippen LogP contribution in [0.3, 0.4) is 0 Å². The highest BCUT2D eigenvalue weighted by Gasteiger charge is 2.35. The van der Waals surface area contributed by atoms with Gasteiger partial charge in [-0.3, -0.25) is 4.79 Å². The van der Waals surface area contributed by atoms with Crippen LogP contribution >= 0.6 is 0 Å². The predicted molar refractivity (Wildman–Crippen MR) is 226 cm³/mol. The third-order valence-corrected chi connectivity index (χ3v) is 11.4. The Bertz CT molecular complexity index is 2710. The number of hydrogen-bond donors (Lipinski definition) is 4. The molecule has 2 aliphatic rings. The number of nitrogens with zero attached hydrogens (tertiary/aromatic N) is 6. The number of nitrogens with two attached hydrogens (primary N) is 3. The third kappa shape index (κ3) is 6.60. The number of nitrogens with one attached hydrogen (secondary N) is 1. The summed E-state index contributed by atoms with van der Waals surface area (Å²) in [5.41, 5.74) is 31.2. The molecule has 0 aliphatic heterocycles. The van der Waals surface area contributed by atoms with Crippen LogP contribution in [-0.4, -0.2) is 35.1 Å². The summed E-state index contributed by atoms with van der Waals surface area (Å²) in [7, 11) is 0. The molecule has 0 atom stereocenters. The van der Waals surface area contributed by atoms with Gasteiger partial charge in [0.05, 0.1) is 35.2 Å². The van der Waals surface area contributed by atoms with Crippen molar-refractivity contribution in [2.75, 3.05) is 11.1 Å². The summed E-state index contributed by atoms with van der Waals surface area (Å²) in [5.74, 6) is -0.146. The van der Waals surface area contributed by atoms with E-state index < -0.39 is 0 Å². The van der Waals surface area contributed by atoms with E-state index in [-0.39, 0.29) is 17.0 Å². The molecule has 7 N–H and O–H groups in total. The fourth-order valence-electron chi connectivity index (χ4n) is 7.93. The van der Waals surface area contributed by atoms with Crippen LogP contribution in [0.1, 0.15) is 56.6 Å². The van der Waals surface area contributed by atoms with Crippen LogP contribution in [0.4, 0.5) is 11.4 Å². The lowest BCUT2D eigenvalue weighted by atomic mass is 9.72. The first-order chi connectivity index (χ1) is 27.7. The lowest BCUT2D eigenvalue weighted by Crippen LogP contribution is -2.43.